The Hall–Kier alpha value is -2.75. The number of hydrazine groups is 1. The Morgan fingerprint density at radius 2 is 1.76 bits per heavy atom. The van der Waals surface area contributed by atoms with Crippen molar-refractivity contribution in [3.05, 3.63) is 48.0 Å². The van der Waals surface area contributed by atoms with Crippen LogP contribution >= 0.6 is 0 Å². The number of hydrogen-bond donors (Lipinski definition) is 4. The number of carbonyl (C=O) groups excluding carboxylic acids is 3. The molecule has 1 aromatic carbocycles. The number of carbonyl (C=O) groups is 3. The predicted molar refractivity (Wildman–Crippen MR) is 130 cm³/mol. The van der Waals surface area contributed by atoms with Gasteiger partial charge in [0.05, 0.1) is 18.6 Å². The standard InChI is InChI=1S/C25H40N4O5/c1-18(2)14-15-23(32)29(28(24(33)19(3)26)16-25(4,5)17-30)21(12-9-13-22(31)27-34)20-10-7-6-8-11-20/h6-11,13,18-19,21,30,34H,12,14-17,26H2,1-5H3,(H,27,31)/t19-,21?/m1/s1. The summed E-state index contributed by atoms with van der Waals surface area (Å²) in [6, 6.07) is 7.71. The Morgan fingerprint density at radius 3 is 2.26 bits per heavy atom. The molecule has 1 aromatic rings. The van der Waals surface area contributed by atoms with Crippen LogP contribution in [0.4, 0.5) is 0 Å². The number of nitrogens with one attached hydrogen (secondary N) is 1. The minimum Gasteiger partial charge on any atom is -0.396 e. The van der Waals surface area contributed by atoms with E-state index >= 15 is 0 Å². The van der Waals surface area contributed by atoms with Crippen molar-refractivity contribution in [3.63, 3.8) is 0 Å². The second-order valence-electron chi connectivity index (χ2n) is 9.72. The molecular weight excluding hydrogens is 436 g/mol. The summed E-state index contributed by atoms with van der Waals surface area (Å²) in [6.45, 7) is 9.06. The molecule has 1 unspecified atom stereocenters. The molecule has 0 bridgehead atoms. The largest absolute Gasteiger partial charge is 0.396 e. The first-order valence-electron chi connectivity index (χ1n) is 11.6. The predicted octanol–water partition coefficient (Wildman–Crippen LogP) is 2.55. The van der Waals surface area contributed by atoms with Crippen LogP contribution in [0.5, 0.6) is 0 Å². The van der Waals surface area contributed by atoms with Gasteiger partial charge in [-0.25, -0.2) is 15.5 Å². The van der Waals surface area contributed by atoms with Gasteiger partial charge in [0.1, 0.15) is 0 Å². The van der Waals surface area contributed by atoms with Crippen LogP contribution in [0.25, 0.3) is 0 Å². The van der Waals surface area contributed by atoms with Crippen molar-refractivity contribution in [3.8, 4) is 0 Å². The van der Waals surface area contributed by atoms with Gasteiger partial charge < -0.3 is 10.8 Å². The number of aliphatic hydroxyl groups is 1. The summed E-state index contributed by atoms with van der Waals surface area (Å²) in [5, 5.41) is 21.5. The molecule has 9 nitrogen and oxygen atoms in total. The van der Waals surface area contributed by atoms with Gasteiger partial charge in [-0.15, -0.1) is 0 Å². The number of amides is 3. The molecule has 0 saturated carbocycles. The van der Waals surface area contributed by atoms with Gasteiger partial charge in [-0.1, -0.05) is 64.1 Å². The minimum atomic E-state index is -0.873. The van der Waals surface area contributed by atoms with E-state index < -0.39 is 29.3 Å². The molecular formula is C25H40N4O5. The highest BCUT2D eigenvalue weighted by molar-refractivity contribution is 5.86. The lowest BCUT2D eigenvalue weighted by atomic mass is 9.94. The van der Waals surface area contributed by atoms with E-state index in [0.29, 0.717) is 6.42 Å². The van der Waals surface area contributed by atoms with E-state index in [4.69, 9.17) is 10.9 Å². The van der Waals surface area contributed by atoms with Crippen LogP contribution in [0.15, 0.2) is 42.5 Å². The normalized spacial score (nSPS) is 13.6. The average Bonchev–Trinajstić information content (AvgIpc) is 2.80. The molecule has 0 heterocycles. The monoisotopic (exact) mass is 476 g/mol. The fraction of sp³-hybridized carbons (Fsp3) is 0.560. The SMILES string of the molecule is CC(C)CCC(=O)N(C(CC=CC(=O)NO)c1ccccc1)N(CC(C)(C)CO)C(=O)[C@@H](C)N. The Morgan fingerprint density at radius 1 is 1.15 bits per heavy atom. The molecule has 9 heteroatoms. The molecule has 3 amide bonds. The van der Waals surface area contributed by atoms with Crippen molar-refractivity contribution >= 4 is 17.7 Å². The van der Waals surface area contributed by atoms with Crippen molar-refractivity contribution in [2.24, 2.45) is 17.1 Å². The fourth-order valence-electron chi connectivity index (χ4n) is 3.35. The van der Waals surface area contributed by atoms with Crippen LogP contribution in [0.1, 0.15) is 65.5 Å². The van der Waals surface area contributed by atoms with E-state index in [0.717, 1.165) is 5.56 Å². The zero-order chi connectivity index (χ0) is 25.9. The van der Waals surface area contributed by atoms with Gasteiger partial charge in [0.25, 0.3) is 11.8 Å². The van der Waals surface area contributed by atoms with Gasteiger partial charge in [-0.2, -0.15) is 0 Å². The van der Waals surface area contributed by atoms with Crippen LogP contribution in [0, 0.1) is 11.3 Å². The van der Waals surface area contributed by atoms with Crippen LogP contribution in [0.3, 0.4) is 0 Å². The molecule has 34 heavy (non-hydrogen) atoms. The average molecular weight is 477 g/mol. The topological polar surface area (TPSA) is 136 Å². The molecule has 1 rings (SSSR count). The van der Waals surface area contributed by atoms with Crippen LogP contribution in [-0.2, 0) is 14.4 Å². The summed E-state index contributed by atoms with van der Waals surface area (Å²) >= 11 is 0. The Labute approximate surface area is 202 Å². The van der Waals surface area contributed by atoms with Gasteiger partial charge in [0.2, 0.25) is 5.91 Å². The number of hydroxylamine groups is 1. The van der Waals surface area contributed by atoms with Crippen molar-refractivity contribution in [1.82, 2.24) is 15.5 Å². The van der Waals surface area contributed by atoms with Crippen molar-refractivity contribution in [1.29, 1.82) is 0 Å². The van der Waals surface area contributed by atoms with Crippen LogP contribution in [-0.4, -0.2) is 57.2 Å². The van der Waals surface area contributed by atoms with E-state index in [1.54, 1.807) is 26.3 Å². The van der Waals surface area contributed by atoms with E-state index in [-0.39, 0.29) is 37.8 Å². The molecule has 0 aromatic heterocycles. The first-order valence-corrected chi connectivity index (χ1v) is 11.6. The highest BCUT2D eigenvalue weighted by Gasteiger charge is 2.37. The fourth-order valence-corrected chi connectivity index (χ4v) is 3.35. The maximum atomic E-state index is 13.6. The molecule has 0 aliphatic heterocycles. The van der Waals surface area contributed by atoms with E-state index in [1.807, 2.05) is 44.2 Å². The first-order chi connectivity index (χ1) is 15.9. The summed E-state index contributed by atoms with van der Waals surface area (Å²) in [5.41, 5.74) is 7.57. The zero-order valence-electron chi connectivity index (χ0n) is 20.9. The number of benzene rings is 1. The molecule has 0 saturated heterocycles. The number of rotatable bonds is 12. The summed E-state index contributed by atoms with van der Waals surface area (Å²) in [7, 11) is 0. The molecule has 0 spiro atoms. The van der Waals surface area contributed by atoms with Crippen molar-refractivity contribution in [2.45, 2.75) is 66.0 Å². The van der Waals surface area contributed by atoms with Crippen LogP contribution < -0.4 is 11.2 Å². The van der Waals surface area contributed by atoms with E-state index in [2.05, 4.69) is 0 Å². The number of hydrogen-bond acceptors (Lipinski definition) is 6. The van der Waals surface area contributed by atoms with Crippen molar-refractivity contribution in [2.75, 3.05) is 13.2 Å². The third-order valence-electron chi connectivity index (χ3n) is 5.32. The molecule has 2 atom stereocenters. The smallest absolute Gasteiger partial charge is 0.267 e. The van der Waals surface area contributed by atoms with Gasteiger partial charge >= 0.3 is 0 Å². The highest BCUT2D eigenvalue weighted by atomic mass is 16.5. The molecule has 0 fully saturated rings. The Kier molecular flexibility index (Phi) is 11.9. The number of nitrogens with two attached hydrogens (primary N) is 1. The third-order valence-corrected chi connectivity index (χ3v) is 5.32. The lowest BCUT2D eigenvalue weighted by Crippen LogP contribution is -2.58. The maximum Gasteiger partial charge on any atom is 0.267 e. The number of nitrogens with zero attached hydrogens (tertiary/aromatic N) is 2. The molecule has 0 radical (unpaired) electrons. The quantitative estimate of drug-likeness (QED) is 0.208. The summed E-state index contributed by atoms with van der Waals surface area (Å²) in [6.07, 6.45) is 3.75. The summed E-state index contributed by atoms with van der Waals surface area (Å²) in [4.78, 5) is 38.5. The van der Waals surface area contributed by atoms with E-state index in [9.17, 15) is 19.5 Å². The summed E-state index contributed by atoms with van der Waals surface area (Å²) < 4.78 is 0. The Balaban J connectivity index is 3.62. The third kappa shape index (κ3) is 9.24. The van der Waals surface area contributed by atoms with Gasteiger partial charge in [-0.3, -0.25) is 19.6 Å². The summed E-state index contributed by atoms with van der Waals surface area (Å²) in [5.74, 6) is -1.13. The molecule has 0 aliphatic carbocycles. The first kappa shape index (κ1) is 29.3. The lowest BCUT2D eigenvalue weighted by Gasteiger charge is -2.44. The Bertz CT molecular complexity index is 824. The lowest BCUT2D eigenvalue weighted by molar-refractivity contribution is -0.175. The molecule has 0 aliphatic rings. The van der Waals surface area contributed by atoms with Gasteiger partial charge in [0.15, 0.2) is 0 Å². The van der Waals surface area contributed by atoms with Crippen molar-refractivity contribution < 1.29 is 24.7 Å². The maximum absolute atomic E-state index is 13.6. The minimum absolute atomic E-state index is 0.0709. The molecule has 190 valence electrons. The van der Waals surface area contributed by atoms with E-state index in [1.165, 1.54) is 22.2 Å². The second kappa shape index (κ2) is 13.8. The van der Waals surface area contributed by atoms with Crippen LogP contribution in [0.2, 0.25) is 0 Å². The van der Waals surface area contributed by atoms with Gasteiger partial charge in [0, 0.05) is 24.5 Å². The highest BCUT2D eigenvalue weighted by Crippen LogP contribution is 2.30. The van der Waals surface area contributed by atoms with Gasteiger partial charge in [-0.05, 0) is 31.2 Å². The number of aliphatic hydroxyl groups excluding tert-OH is 1. The zero-order valence-corrected chi connectivity index (χ0v) is 20.9. The molecule has 5 N–H and O–H groups in total. The second-order valence-corrected chi connectivity index (χ2v) is 9.72.